The van der Waals surface area contributed by atoms with Crippen LogP contribution in [-0.4, -0.2) is 23.1 Å². The van der Waals surface area contributed by atoms with E-state index in [1.807, 2.05) is 11.8 Å². The fourth-order valence-electron chi connectivity index (χ4n) is 2.89. The second-order valence-electron chi connectivity index (χ2n) is 6.44. The van der Waals surface area contributed by atoms with Crippen LogP contribution in [0.1, 0.15) is 75.3 Å². The van der Waals surface area contributed by atoms with Crippen molar-refractivity contribution in [3.05, 3.63) is 35.4 Å². The highest BCUT2D eigenvalue weighted by Gasteiger charge is 2.30. The van der Waals surface area contributed by atoms with Crippen molar-refractivity contribution < 1.29 is 4.79 Å². The topological polar surface area (TPSA) is 20.3 Å². The summed E-state index contributed by atoms with van der Waals surface area (Å²) >= 11 is 1.89. The Kier molecular flexibility index (Phi) is 6.81. The highest BCUT2D eigenvalue weighted by atomic mass is 32.2. The molecule has 1 aliphatic rings. The number of carbonyl (C=O) groups excluding carboxylic acids is 1. The Bertz CT molecular complexity index is 469. The molecule has 1 unspecified atom stereocenters. The van der Waals surface area contributed by atoms with Crippen LogP contribution < -0.4 is 0 Å². The maximum Gasteiger partial charge on any atom is 0.223 e. The van der Waals surface area contributed by atoms with Crippen LogP contribution in [0, 0.1) is 0 Å². The maximum absolute atomic E-state index is 12.5. The molecular weight excluding hydrogens is 290 g/mol. The number of benzene rings is 1. The second-order valence-corrected chi connectivity index (χ2v) is 7.63. The van der Waals surface area contributed by atoms with Crippen molar-refractivity contribution in [3.8, 4) is 0 Å². The van der Waals surface area contributed by atoms with Crippen molar-refractivity contribution in [2.75, 3.05) is 12.3 Å². The Morgan fingerprint density at radius 2 is 1.95 bits per heavy atom. The van der Waals surface area contributed by atoms with Crippen molar-refractivity contribution in [1.82, 2.24) is 4.90 Å². The van der Waals surface area contributed by atoms with Gasteiger partial charge >= 0.3 is 0 Å². The van der Waals surface area contributed by atoms with Crippen LogP contribution in [0.4, 0.5) is 0 Å². The molecular formula is C19H29NOS. The summed E-state index contributed by atoms with van der Waals surface area (Å²) in [5.41, 5.74) is 2.64. The molecule has 1 fully saturated rings. The lowest BCUT2D eigenvalue weighted by molar-refractivity contribution is -0.131. The Labute approximate surface area is 139 Å². The van der Waals surface area contributed by atoms with Crippen LogP contribution in [0.2, 0.25) is 0 Å². The van der Waals surface area contributed by atoms with Crippen molar-refractivity contribution >= 4 is 17.7 Å². The van der Waals surface area contributed by atoms with E-state index in [2.05, 4.69) is 49.9 Å². The van der Waals surface area contributed by atoms with Crippen molar-refractivity contribution in [2.24, 2.45) is 0 Å². The van der Waals surface area contributed by atoms with Gasteiger partial charge in [-0.1, -0.05) is 64.3 Å². The standard InChI is InChI=1S/C19H29NOS/c1-4-5-6-7-8-18(21)20-13-14-22-19(20)17-11-9-16(10-12-17)15(2)3/h9-12,15,19H,4-8,13-14H2,1-3H3. The van der Waals surface area contributed by atoms with E-state index in [1.165, 1.54) is 30.4 Å². The quantitative estimate of drug-likeness (QED) is 0.631. The lowest BCUT2D eigenvalue weighted by atomic mass is 10.0. The number of amides is 1. The zero-order valence-electron chi connectivity index (χ0n) is 14.2. The molecule has 1 atom stereocenters. The summed E-state index contributed by atoms with van der Waals surface area (Å²) in [6.45, 7) is 7.53. The molecule has 2 rings (SSSR count). The fraction of sp³-hybridized carbons (Fsp3) is 0.632. The normalized spacial score (nSPS) is 18.2. The summed E-state index contributed by atoms with van der Waals surface area (Å²) in [5, 5.41) is 0.222. The highest BCUT2D eigenvalue weighted by molar-refractivity contribution is 7.99. The molecule has 3 heteroatoms. The predicted octanol–water partition coefficient (Wildman–Crippen LogP) is 5.35. The zero-order chi connectivity index (χ0) is 15.9. The van der Waals surface area contributed by atoms with Gasteiger partial charge in [-0.15, -0.1) is 11.8 Å². The average Bonchev–Trinajstić information content (AvgIpc) is 3.01. The molecule has 1 amide bonds. The molecule has 0 bridgehead atoms. The lowest BCUT2D eigenvalue weighted by Gasteiger charge is -2.24. The highest BCUT2D eigenvalue weighted by Crippen LogP contribution is 2.38. The number of carbonyl (C=O) groups is 1. The van der Waals surface area contributed by atoms with Crippen molar-refractivity contribution in [3.63, 3.8) is 0 Å². The van der Waals surface area contributed by atoms with E-state index in [-0.39, 0.29) is 5.37 Å². The lowest BCUT2D eigenvalue weighted by Crippen LogP contribution is -2.30. The Balaban J connectivity index is 1.96. The van der Waals surface area contributed by atoms with Gasteiger partial charge in [0.1, 0.15) is 5.37 Å². The van der Waals surface area contributed by atoms with Gasteiger partial charge in [-0.3, -0.25) is 4.79 Å². The Hall–Kier alpha value is -0.960. The fourth-order valence-corrected chi connectivity index (χ4v) is 4.17. The van der Waals surface area contributed by atoms with Gasteiger partial charge in [0.2, 0.25) is 5.91 Å². The maximum atomic E-state index is 12.5. The number of nitrogens with zero attached hydrogens (tertiary/aromatic N) is 1. The zero-order valence-corrected chi connectivity index (χ0v) is 15.0. The van der Waals surface area contributed by atoms with Gasteiger partial charge in [0.05, 0.1) is 0 Å². The van der Waals surface area contributed by atoms with Crippen LogP contribution in [-0.2, 0) is 4.79 Å². The van der Waals surface area contributed by atoms with E-state index in [1.54, 1.807) is 0 Å². The van der Waals surface area contributed by atoms with Crippen molar-refractivity contribution in [1.29, 1.82) is 0 Å². The van der Waals surface area contributed by atoms with Gasteiger partial charge < -0.3 is 4.90 Å². The molecule has 2 nitrogen and oxygen atoms in total. The monoisotopic (exact) mass is 319 g/mol. The molecule has 1 aromatic carbocycles. The first-order chi connectivity index (χ1) is 10.6. The molecule has 122 valence electrons. The van der Waals surface area contributed by atoms with E-state index in [4.69, 9.17) is 0 Å². The number of hydrogen-bond acceptors (Lipinski definition) is 2. The predicted molar refractivity (Wildman–Crippen MR) is 96.2 cm³/mol. The third-order valence-electron chi connectivity index (χ3n) is 4.34. The van der Waals surface area contributed by atoms with E-state index in [0.29, 0.717) is 18.2 Å². The number of unbranched alkanes of at least 4 members (excludes halogenated alkanes) is 3. The van der Waals surface area contributed by atoms with Crippen LogP contribution in [0.25, 0.3) is 0 Å². The number of hydrogen-bond donors (Lipinski definition) is 0. The summed E-state index contributed by atoms with van der Waals surface area (Å²) in [7, 11) is 0. The number of thioether (sulfide) groups is 1. The molecule has 0 radical (unpaired) electrons. The SMILES string of the molecule is CCCCCCC(=O)N1CCSC1c1ccc(C(C)C)cc1. The van der Waals surface area contributed by atoms with Gasteiger partial charge in [0, 0.05) is 18.7 Å². The summed E-state index contributed by atoms with van der Waals surface area (Å²) in [4.78, 5) is 14.6. The first kappa shape index (κ1) is 17.4. The summed E-state index contributed by atoms with van der Waals surface area (Å²) in [6.07, 6.45) is 5.38. The Morgan fingerprint density at radius 3 is 2.59 bits per heavy atom. The minimum absolute atomic E-state index is 0.222. The van der Waals surface area contributed by atoms with Gasteiger partial charge in [0.25, 0.3) is 0 Å². The van der Waals surface area contributed by atoms with E-state index < -0.39 is 0 Å². The van der Waals surface area contributed by atoms with Crippen molar-refractivity contribution in [2.45, 2.75) is 64.2 Å². The van der Waals surface area contributed by atoms with Gasteiger partial charge in [0.15, 0.2) is 0 Å². The minimum atomic E-state index is 0.222. The molecule has 0 saturated carbocycles. The summed E-state index contributed by atoms with van der Waals surface area (Å²) < 4.78 is 0. The Morgan fingerprint density at radius 1 is 1.23 bits per heavy atom. The van der Waals surface area contributed by atoms with Gasteiger partial charge in [-0.2, -0.15) is 0 Å². The first-order valence-electron chi connectivity index (χ1n) is 8.64. The third-order valence-corrected chi connectivity index (χ3v) is 5.60. The smallest absolute Gasteiger partial charge is 0.223 e. The van der Waals surface area contributed by atoms with Crippen LogP contribution in [0.3, 0.4) is 0 Å². The molecule has 1 aliphatic heterocycles. The van der Waals surface area contributed by atoms with E-state index in [0.717, 1.165) is 18.7 Å². The molecule has 0 N–H and O–H groups in total. The first-order valence-corrected chi connectivity index (χ1v) is 9.69. The molecule has 0 spiro atoms. The second kappa shape index (κ2) is 8.61. The third kappa shape index (κ3) is 4.52. The molecule has 22 heavy (non-hydrogen) atoms. The summed E-state index contributed by atoms with van der Waals surface area (Å²) in [6, 6.07) is 8.83. The molecule has 0 aliphatic carbocycles. The molecule has 1 aromatic rings. The van der Waals surface area contributed by atoms with Gasteiger partial charge in [-0.25, -0.2) is 0 Å². The molecule has 1 saturated heterocycles. The van der Waals surface area contributed by atoms with Gasteiger partial charge in [-0.05, 0) is 23.5 Å². The average molecular weight is 320 g/mol. The largest absolute Gasteiger partial charge is 0.326 e. The van der Waals surface area contributed by atoms with Crippen LogP contribution >= 0.6 is 11.8 Å². The van der Waals surface area contributed by atoms with Crippen LogP contribution in [0.15, 0.2) is 24.3 Å². The minimum Gasteiger partial charge on any atom is -0.326 e. The summed E-state index contributed by atoms with van der Waals surface area (Å²) in [5.74, 6) is 1.94. The van der Waals surface area contributed by atoms with Crippen LogP contribution in [0.5, 0.6) is 0 Å². The number of rotatable bonds is 7. The van der Waals surface area contributed by atoms with E-state index in [9.17, 15) is 4.79 Å². The molecule has 1 heterocycles. The van der Waals surface area contributed by atoms with E-state index >= 15 is 0 Å². The molecule has 0 aromatic heterocycles.